The van der Waals surface area contributed by atoms with E-state index >= 15 is 0 Å². The van der Waals surface area contributed by atoms with Crippen molar-refractivity contribution in [3.05, 3.63) is 64.3 Å². The monoisotopic (exact) mass is 496 g/mol. The molecule has 0 aliphatic carbocycles. The highest BCUT2D eigenvalue weighted by atomic mass is 32.2. The number of aromatic nitrogens is 1. The van der Waals surface area contributed by atoms with Crippen LogP contribution in [0.2, 0.25) is 0 Å². The Bertz CT molecular complexity index is 1190. The molecule has 10 nitrogen and oxygen atoms in total. The van der Waals surface area contributed by atoms with E-state index in [-0.39, 0.29) is 22.4 Å². The van der Waals surface area contributed by atoms with Gasteiger partial charge in [-0.15, -0.1) is 11.8 Å². The van der Waals surface area contributed by atoms with Gasteiger partial charge in [0, 0.05) is 29.7 Å². The molecular weight excluding hydrogens is 478 g/mol. The van der Waals surface area contributed by atoms with Crippen molar-refractivity contribution in [2.75, 3.05) is 5.75 Å². The molecule has 168 valence electrons. The van der Waals surface area contributed by atoms with Gasteiger partial charge in [-0.3, -0.25) is 14.1 Å². The summed E-state index contributed by atoms with van der Waals surface area (Å²) < 4.78 is 34.8. The number of rotatable bonds is 7. The molecule has 13 heteroatoms. The average molecular weight is 497 g/mol. The van der Waals surface area contributed by atoms with Crippen molar-refractivity contribution in [1.29, 1.82) is 0 Å². The van der Waals surface area contributed by atoms with Gasteiger partial charge in [0.2, 0.25) is 5.91 Å². The van der Waals surface area contributed by atoms with Crippen molar-refractivity contribution in [3.8, 4) is 0 Å². The number of nitrogens with one attached hydrogen (secondary N) is 1. The van der Waals surface area contributed by atoms with Crippen LogP contribution in [0, 0.1) is 0 Å². The van der Waals surface area contributed by atoms with Gasteiger partial charge in [-0.1, -0.05) is 0 Å². The first-order valence-corrected chi connectivity index (χ1v) is 12.8. The van der Waals surface area contributed by atoms with Gasteiger partial charge in [-0.25, -0.2) is 9.36 Å². The van der Waals surface area contributed by atoms with E-state index in [1.54, 1.807) is 28.5 Å². The number of carbonyl (C=O) groups is 3. The van der Waals surface area contributed by atoms with Crippen molar-refractivity contribution >= 4 is 51.0 Å². The number of β-lactam (4-membered cyclic amide) rings is 1. The second-order valence-corrected chi connectivity index (χ2v) is 10.6. The summed E-state index contributed by atoms with van der Waals surface area (Å²) in [6.07, 6.45) is 4.98. The zero-order chi connectivity index (χ0) is 23.0. The fraction of sp³-hybridized carbons (Fsp3) is 0.263. The van der Waals surface area contributed by atoms with Gasteiger partial charge in [0.1, 0.15) is 11.4 Å². The Labute approximate surface area is 191 Å². The van der Waals surface area contributed by atoms with Crippen LogP contribution in [0.15, 0.2) is 53.1 Å². The van der Waals surface area contributed by atoms with Crippen LogP contribution < -0.4 is 9.88 Å². The number of carboxylic acids is 1. The molecule has 3 atom stereocenters. The summed E-state index contributed by atoms with van der Waals surface area (Å²) in [5, 5.41) is 12.3. The summed E-state index contributed by atoms with van der Waals surface area (Å²) >= 11 is 2.61. The van der Waals surface area contributed by atoms with E-state index in [0.717, 1.165) is 5.57 Å². The number of thioether (sulfide) groups is 1. The van der Waals surface area contributed by atoms with Gasteiger partial charge < -0.3 is 15.3 Å². The van der Waals surface area contributed by atoms with Crippen molar-refractivity contribution in [1.82, 2.24) is 10.2 Å². The van der Waals surface area contributed by atoms with Gasteiger partial charge in [-0.05, 0) is 22.4 Å². The summed E-state index contributed by atoms with van der Waals surface area (Å²) in [6, 6.07) is 3.51. The highest BCUT2D eigenvalue weighted by molar-refractivity contribution is 8.00. The van der Waals surface area contributed by atoms with Crippen molar-refractivity contribution in [2.45, 2.75) is 23.2 Å². The Morgan fingerprint density at radius 2 is 2.00 bits per heavy atom. The number of hydrogen-bond donors (Lipinski definition) is 3. The van der Waals surface area contributed by atoms with Crippen LogP contribution in [0.1, 0.15) is 21.2 Å². The van der Waals surface area contributed by atoms with Gasteiger partial charge in [-0.2, -0.15) is 19.8 Å². The highest BCUT2D eigenvalue weighted by Crippen LogP contribution is 2.36. The van der Waals surface area contributed by atoms with E-state index < -0.39 is 33.3 Å². The maximum atomic E-state index is 12.6. The number of fused-ring (bicyclic) bond motifs is 1. The van der Waals surface area contributed by atoms with Crippen LogP contribution in [0.25, 0.3) is 0 Å². The molecule has 0 bridgehead atoms. The van der Waals surface area contributed by atoms with E-state index in [2.05, 4.69) is 5.32 Å². The smallest absolute Gasteiger partial charge is 0.336 e. The quantitative estimate of drug-likeness (QED) is 0.288. The van der Waals surface area contributed by atoms with Crippen molar-refractivity contribution in [2.24, 2.45) is 0 Å². The minimum absolute atomic E-state index is 0.142. The number of amides is 2. The lowest BCUT2D eigenvalue weighted by Gasteiger charge is -2.47. The predicted octanol–water partition coefficient (Wildman–Crippen LogP) is 0.647. The Kier molecular flexibility index (Phi) is 6.07. The molecule has 4 heterocycles. The second kappa shape index (κ2) is 8.65. The summed E-state index contributed by atoms with van der Waals surface area (Å²) in [7, 11) is -4.70. The molecule has 4 rings (SSSR count). The third-order valence-corrected chi connectivity index (χ3v) is 8.21. The van der Waals surface area contributed by atoms with Crippen LogP contribution in [0.4, 0.5) is 0 Å². The number of nitrogens with zero attached hydrogens (tertiary/aromatic N) is 2. The molecule has 0 saturated carbocycles. The lowest BCUT2D eigenvalue weighted by molar-refractivity contribution is -0.689. The topological polar surface area (TPSA) is 145 Å². The van der Waals surface area contributed by atoms with E-state index in [1.165, 1.54) is 51.6 Å². The molecule has 0 radical (unpaired) electrons. The fourth-order valence-electron chi connectivity index (χ4n) is 3.50. The maximum Gasteiger partial charge on any atom is 0.336 e. The minimum atomic E-state index is -4.70. The van der Waals surface area contributed by atoms with Crippen LogP contribution >= 0.6 is 23.1 Å². The largest absolute Gasteiger partial charge is 0.478 e. The lowest BCUT2D eigenvalue weighted by Crippen LogP contribution is -2.69. The first-order valence-electron chi connectivity index (χ1n) is 9.29. The SMILES string of the molecule is O=C(O)c1cc[n+](CC2=CN3C(=O)C(NC(=O)C(c4ccsc4)S(=O)(=O)O)[C@H]3SC2)cc1. The Morgan fingerprint density at radius 3 is 2.59 bits per heavy atom. The number of aromatic carboxylic acids is 1. The lowest BCUT2D eigenvalue weighted by atomic mass is 10.1. The van der Waals surface area contributed by atoms with Crippen LogP contribution in [-0.4, -0.2) is 57.9 Å². The summed E-state index contributed by atoms with van der Waals surface area (Å²) in [5.74, 6) is -1.77. The molecular formula is C19H18N3O7S3+. The van der Waals surface area contributed by atoms with E-state index in [4.69, 9.17) is 5.11 Å². The van der Waals surface area contributed by atoms with Gasteiger partial charge in [0.15, 0.2) is 24.2 Å². The predicted molar refractivity (Wildman–Crippen MR) is 115 cm³/mol. The highest BCUT2D eigenvalue weighted by Gasteiger charge is 2.51. The molecule has 3 N–H and O–H groups in total. The van der Waals surface area contributed by atoms with Gasteiger partial charge in [0.25, 0.3) is 16.0 Å². The van der Waals surface area contributed by atoms with Crippen molar-refractivity contribution in [3.63, 3.8) is 0 Å². The minimum Gasteiger partial charge on any atom is -0.478 e. The number of carbonyl (C=O) groups excluding carboxylic acids is 2. The maximum absolute atomic E-state index is 12.6. The third-order valence-electron chi connectivity index (χ3n) is 5.04. The molecule has 2 amide bonds. The molecule has 2 aliphatic heterocycles. The van der Waals surface area contributed by atoms with E-state index in [0.29, 0.717) is 12.3 Å². The Hall–Kier alpha value is -2.74. The third kappa shape index (κ3) is 4.41. The summed E-state index contributed by atoms with van der Waals surface area (Å²) in [5.41, 5.74) is 1.24. The fourth-order valence-corrected chi connectivity index (χ4v) is 6.35. The normalized spacial score (nSPS) is 21.2. The molecule has 1 saturated heterocycles. The Balaban J connectivity index is 1.42. The zero-order valence-corrected chi connectivity index (χ0v) is 18.8. The number of hydrogen-bond acceptors (Lipinski definition) is 7. The van der Waals surface area contributed by atoms with Gasteiger partial charge >= 0.3 is 5.97 Å². The zero-order valence-electron chi connectivity index (χ0n) is 16.3. The molecule has 2 aliphatic rings. The van der Waals surface area contributed by atoms with Gasteiger partial charge in [0.05, 0.1) is 5.56 Å². The molecule has 0 spiro atoms. The standard InChI is InChI=1S/C19H17N3O7S3/c23-16(15(32(27,28)29)13-3-6-30-10-13)20-14-17(24)22-8-11(9-31-18(14)22)7-21-4-1-12(2-5-21)19(25)26/h1-6,8,10,14-15,18H,7,9H2,(H2-,20,23,25,26,27,28,29)/p+1/t14?,15?,18-/m1/s1. The molecule has 2 aromatic rings. The summed E-state index contributed by atoms with van der Waals surface area (Å²) in [6.45, 7) is 0.462. The number of thiophene rings is 1. The number of carboxylic acid groups (broad SMARTS) is 1. The molecule has 2 unspecified atom stereocenters. The van der Waals surface area contributed by atoms with E-state index in [9.17, 15) is 27.4 Å². The second-order valence-electron chi connectivity index (χ2n) is 7.24. The van der Waals surface area contributed by atoms with Crippen LogP contribution in [-0.2, 0) is 26.3 Å². The molecule has 1 fully saturated rings. The first-order chi connectivity index (χ1) is 15.1. The van der Waals surface area contributed by atoms with Crippen LogP contribution in [0.5, 0.6) is 0 Å². The Morgan fingerprint density at radius 1 is 1.28 bits per heavy atom. The average Bonchev–Trinajstić information content (AvgIpc) is 3.25. The molecule has 0 aromatic carbocycles. The molecule has 2 aromatic heterocycles. The van der Waals surface area contributed by atoms with E-state index in [1.807, 2.05) is 0 Å². The number of pyridine rings is 1. The van der Waals surface area contributed by atoms with Crippen molar-refractivity contribution < 1.29 is 37.0 Å². The first kappa shape index (κ1) is 22.5. The van der Waals surface area contributed by atoms with Crippen LogP contribution in [0.3, 0.4) is 0 Å². The molecule has 32 heavy (non-hydrogen) atoms. The summed E-state index contributed by atoms with van der Waals surface area (Å²) in [4.78, 5) is 37.6.